The topological polar surface area (TPSA) is 55.0 Å². The van der Waals surface area contributed by atoms with Crippen LogP contribution in [0.3, 0.4) is 0 Å². The predicted octanol–water partition coefficient (Wildman–Crippen LogP) is -0.258. The molecular formula is C4HN2O2. The van der Waals surface area contributed by atoms with Crippen LogP contribution in [0.4, 0.5) is 0 Å². The number of fused-ring (bicyclic) bond motifs is 2. The molecular weight excluding hydrogens is 108 g/mol. The maximum absolute atomic E-state index is 10.4. The predicted molar refractivity (Wildman–Crippen MR) is 22.4 cm³/mol. The molecule has 1 aliphatic rings. The van der Waals surface area contributed by atoms with Gasteiger partial charge in [-0.15, -0.1) is 0 Å². The van der Waals surface area contributed by atoms with Gasteiger partial charge in [0.1, 0.15) is 6.20 Å². The maximum Gasteiger partial charge on any atom is 0.381 e. The van der Waals surface area contributed by atoms with Crippen molar-refractivity contribution in [2.45, 2.75) is 0 Å². The van der Waals surface area contributed by atoms with Gasteiger partial charge in [0.05, 0.1) is 0 Å². The minimum absolute atomic E-state index is 0.236. The van der Waals surface area contributed by atoms with Gasteiger partial charge >= 0.3 is 5.97 Å². The Morgan fingerprint density at radius 3 is 2.88 bits per heavy atom. The first-order valence-electron chi connectivity index (χ1n) is 2.06. The van der Waals surface area contributed by atoms with E-state index in [1.807, 2.05) is 0 Å². The van der Waals surface area contributed by atoms with Crippen LogP contribution in [-0.4, -0.2) is 15.9 Å². The molecule has 0 amide bonds. The van der Waals surface area contributed by atoms with E-state index in [1.54, 1.807) is 0 Å². The van der Waals surface area contributed by atoms with Gasteiger partial charge < -0.3 is 9.72 Å². The van der Waals surface area contributed by atoms with Crippen molar-refractivity contribution in [1.82, 2.24) is 9.97 Å². The average Bonchev–Trinajstić information content (AvgIpc) is 2.23. The average molecular weight is 109 g/mol. The lowest BCUT2D eigenvalue weighted by Crippen LogP contribution is -2.05. The number of aromatic amines is 1. The highest BCUT2D eigenvalue weighted by atomic mass is 16.6. The van der Waals surface area contributed by atoms with E-state index < -0.39 is 5.97 Å². The van der Waals surface area contributed by atoms with Gasteiger partial charge in [-0.05, 0) is 0 Å². The van der Waals surface area contributed by atoms with E-state index in [2.05, 4.69) is 20.9 Å². The summed E-state index contributed by atoms with van der Waals surface area (Å²) in [5, 5.41) is 0. The number of aromatic nitrogens is 2. The molecule has 0 spiro atoms. The van der Waals surface area contributed by atoms with E-state index in [4.69, 9.17) is 0 Å². The minimum Gasteiger partial charge on any atom is -0.399 e. The van der Waals surface area contributed by atoms with Crippen LogP contribution in [0.1, 0.15) is 10.6 Å². The molecule has 0 unspecified atom stereocenters. The molecule has 2 rings (SSSR count). The van der Waals surface area contributed by atoms with Gasteiger partial charge in [0, 0.05) is 0 Å². The third kappa shape index (κ3) is 0.258. The van der Waals surface area contributed by atoms with Gasteiger partial charge in [-0.25, -0.2) is 4.79 Å². The fourth-order valence-corrected chi connectivity index (χ4v) is 0.551. The normalized spacial score (nSPS) is 14.2. The van der Waals surface area contributed by atoms with Crippen molar-refractivity contribution in [3.63, 3.8) is 0 Å². The van der Waals surface area contributed by atoms with Crippen LogP contribution in [-0.2, 0) is 0 Å². The van der Waals surface area contributed by atoms with Crippen LogP contribution in [0.5, 0.6) is 5.88 Å². The molecule has 0 aromatic carbocycles. The van der Waals surface area contributed by atoms with E-state index in [-0.39, 0.29) is 11.7 Å². The van der Waals surface area contributed by atoms with Crippen LogP contribution in [0.15, 0.2) is 0 Å². The summed E-state index contributed by atoms with van der Waals surface area (Å²) in [7, 11) is 0. The van der Waals surface area contributed by atoms with Gasteiger partial charge in [-0.3, -0.25) is 0 Å². The number of nitrogens with one attached hydrogen (secondary N) is 1. The molecule has 2 bridgehead atoms. The molecule has 8 heavy (non-hydrogen) atoms. The summed E-state index contributed by atoms with van der Waals surface area (Å²) in [6.45, 7) is 0. The van der Waals surface area contributed by atoms with E-state index in [0.717, 1.165) is 0 Å². The highest BCUT2D eigenvalue weighted by molar-refractivity contribution is 5.89. The number of hydrogen-bond acceptors (Lipinski definition) is 3. The summed E-state index contributed by atoms with van der Waals surface area (Å²) in [4.78, 5) is 16.5. The largest absolute Gasteiger partial charge is 0.399 e. The smallest absolute Gasteiger partial charge is 0.381 e. The zero-order chi connectivity index (χ0) is 5.56. The van der Waals surface area contributed by atoms with Crippen molar-refractivity contribution >= 4 is 5.97 Å². The molecule has 1 aromatic rings. The Kier molecular flexibility index (Phi) is 0.417. The number of nitrogens with zero attached hydrogens (tertiary/aromatic N) is 1. The second-order valence-corrected chi connectivity index (χ2v) is 1.41. The summed E-state index contributed by atoms with van der Waals surface area (Å²) in [5.74, 6) is 0.0590. The molecule has 1 N–H and O–H groups in total. The van der Waals surface area contributed by atoms with Gasteiger partial charge in [-0.1, -0.05) is 0 Å². The molecule has 2 heterocycles. The fraction of sp³-hybridized carbons (Fsp3) is 0. The Bertz CT molecular complexity index is 240. The lowest BCUT2D eigenvalue weighted by molar-refractivity contribution is 0.0740. The fourth-order valence-electron chi connectivity index (χ4n) is 0.551. The molecule has 0 saturated heterocycles. The van der Waals surface area contributed by atoms with Crippen molar-refractivity contribution < 1.29 is 9.53 Å². The van der Waals surface area contributed by atoms with E-state index in [1.165, 1.54) is 0 Å². The minimum atomic E-state index is -0.418. The zero-order valence-corrected chi connectivity index (χ0v) is 3.76. The van der Waals surface area contributed by atoms with Crippen molar-refractivity contribution in [1.29, 1.82) is 0 Å². The Morgan fingerprint density at radius 1 is 1.75 bits per heavy atom. The molecule has 1 aromatic heterocycles. The number of hydrogen-bond donors (Lipinski definition) is 1. The van der Waals surface area contributed by atoms with Gasteiger partial charge in [0.2, 0.25) is 5.82 Å². The molecule has 1 radical (unpaired) electrons. The van der Waals surface area contributed by atoms with Gasteiger partial charge in [0.15, 0.2) is 0 Å². The molecule has 0 aliphatic carbocycles. The molecule has 0 atom stereocenters. The van der Waals surface area contributed by atoms with E-state index in [9.17, 15) is 4.79 Å². The SMILES string of the molecule is O=C1Oc2[c][nH]c1n2. The molecule has 39 valence electrons. The van der Waals surface area contributed by atoms with Gasteiger partial charge in [0.25, 0.3) is 5.88 Å². The van der Waals surface area contributed by atoms with Crippen molar-refractivity contribution in [2.75, 3.05) is 0 Å². The number of carbonyl (C=O) groups excluding carboxylic acids is 1. The molecule has 1 aliphatic heterocycles. The quantitative estimate of drug-likeness (QED) is 0.467. The monoisotopic (exact) mass is 109 g/mol. The summed E-state index contributed by atoms with van der Waals surface area (Å²) < 4.78 is 4.46. The molecule has 4 nitrogen and oxygen atoms in total. The standard InChI is InChI=1S/C4HN2O2/c7-4-3-5-1-2(6-3)8-4/h(H,5,6). The summed E-state index contributed by atoms with van der Waals surface area (Å²) in [6, 6.07) is 0. The van der Waals surface area contributed by atoms with Gasteiger partial charge in [-0.2, -0.15) is 4.98 Å². The highest BCUT2D eigenvalue weighted by Crippen LogP contribution is 2.13. The van der Waals surface area contributed by atoms with Crippen LogP contribution in [0.25, 0.3) is 0 Å². The third-order valence-electron chi connectivity index (χ3n) is 0.884. The van der Waals surface area contributed by atoms with Crippen LogP contribution in [0.2, 0.25) is 0 Å². The summed E-state index contributed by atoms with van der Waals surface area (Å²) in [5.41, 5.74) is 0. The Balaban J connectivity index is 2.71. The maximum atomic E-state index is 10.4. The Labute approximate surface area is 44.5 Å². The number of carbonyl (C=O) groups is 1. The second kappa shape index (κ2) is 0.912. The number of rotatable bonds is 0. The van der Waals surface area contributed by atoms with Crippen molar-refractivity contribution in [2.24, 2.45) is 0 Å². The third-order valence-corrected chi connectivity index (χ3v) is 0.884. The summed E-state index contributed by atoms with van der Waals surface area (Å²) in [6.07, 6.45) is 2.51. The number of imidazole rings is 1. The van der Waals surface area contributed by atoms with Crippen LogP contribution < -0.4 is 4.74 Å². The van der Waals surface area contributed by atoms with Crippen molar-refractivity contribution in [3.8, 4) is 5.88 Å². The molecule has 4 heteroatoms. The number of ether oxygens (including phenoxy) is 1. The lowest BCUT2D eigenvalue weighted by atomic mass is 10.6. The number of esters is 1. The first-order chi connectivity index (χ1) is 3.86. The van der Waals surface area contributed by atoms with E-state index >= 15 is 0 Å². The molecule has 0 saturated carbocycles. The molecule has 0 fully saturated rings. The highest BCUT2D eigenvalue weighted by Gasteiger charge is 2.22. The van der Waals surface area contributed by atoms with Crippen LogP contribution >= 0.6 is 0 Å². The first kappa shape index (κ1) is 3.65. The van der Waals surface area contributed by atoms with Crippen LogP contribution in [0, 0.1) is 6.20 Å². The Hall–Kier alpha value is -1.32. The van der Waals surface area contributed by atoms with E-state index in [0.29, 0.717) is 0 Å². The zero-order valence-electron chi connectivity index (χ0n) is 3.76. The first-order valence-corrected chi connectivity index (χ1v) is 2.06. The number of H-pyrrole nitrogens is 1. The van der Waals surface area contributed by atoms with Crippen molar-refractivity contribution in [3.05, 3.63) is 12.0 Å². The summed E-state index contributed by atoms with van der Waals surface area (Å²) >= 11 is 0. The Morgan fingerprint density at radius 2 is 2.62 bits per heavy atom. The second-order valence-electron chi connectivity index (χ2n) is 1.41. The lowest BCUT2D eigenvalue weighted by Gasteiger charge is -1.89.